The van der Waals surface area contributed by atoms with E-state index in [1.807, 2.05) is 18.2 Å². The molecule has 0 spiro atoms. The van der Waals surface area contributed by atoms with Gasteiger partial charge in [-0.2, -0.15) is 11.3 Å². The molecule has 0 aliphatic rings. The minimum atomic E-state index is 0.367. The monoisotopic (exact) mass is 283 g/mol. The van der Waals surface area contributed by atoms with Crippen molar-refractivity contribution in [2.24, 2.45) is 0 Å². The van der Waals surface area contributed by atoms with Gasteiger partial charge < -0.3 is 10.4 Å². The number of aromatic hydroxyl groups is 1. The zero-order valence-electron chi connectivity index (χ0n) is 11.2. The van der Waals surface area contributed by atoms with Gasteiger partial charge in [-0.15, -0.1) is 0 Å². The lowest BCUT2D eigenvalue weighted by Crippen LogP contribution is -2.16. The first-order valence-corrected chi connectivity index (χ1v) is 7.70. The number of fused-ring (bicyclic) bond motifs is 1. The molecule has 0 bridgehead atoms. The highest BCUT2D eigenvalue weighted by molar-refractivity contribution is 7.07. The fraction of sp³-hybridized carbons (Fsp3) is 0.176. The summed E-state index contributed by atoms with van der Waals surface area (Å²) in [7, 11) is 0. The fourth-order valence-corrected chi connectivity index (χ4v) is 3.09. The number of nitrogens with one attached hydrogen (secondary N) is 1. The van der Waals surface area contributed by atoms with E-state index >= 15 is 0 Å². The van der Waals surface area contributed by atoms with E-state index in [0.29, 0.717) is 12.3 Å². The van der Waals surface area contributed by atoms with Crippen molar-refractivity contribution in [3.8, 4) is 5.75 Å². The Labute approximate surface area is 122 Å². The quantitative estimate of drug-likeness (QED) is 0.695. The molecule has 3 aromatic rings. The Bertz CT molecular complexity index is 691. The summed E-state index contributed by atoms with van der Waals surface area (Å²) < 4.78 is 0. The van der Waals surface area contributed by atoms with Crippen molar-refractivity contribution in [1.82, 2.24) is 5.32 Å². The maximum absolute atomic E-state index is 10.1. The van der Waals surface area contributed by atoms with Crippen LogP contribution in [0.5, 0.6) is 5.75 Å². The number of phenols is 1. The average molecular weight is 283 g/mol. The smallest absolute Gasteiger partial charge is 0.120 e. The summed E-state index contributed by atoms with van der Waals surface area (Å²) in [5.41, 5.74) is 2.35. The van der Waals surface area contributed by atoms with Gasteiger partial charge in [0, 0.05) is 12.1 Å². The summed E-state index contributed by atoms with van der Waals surface area (Å²) in [6, 6.07) is 14.1. The van der Waals surface area contributed by atoms with E-state index in [-0.39, 0.29) is 0 Å². The number of benzene rings is 2. The van der Waals surface area contributed by atoms with Gasteiger partial charge in [-0.25, -0.2) is 0 Å². The summed E-state index contributed by atoms with van der Waals surface area (Å²) in [5.74, 6) is 0.367. The number of phenolic OH excluding ortho intramolecular Hbond substituents is 1. The Morgan fingerprint density at radius 3 is 2.80 bits per heavy atom. The second-order valence-electron chi connectivity index (χ2n) is 4.84. The minimum Gasteiger partial charge on any atom is -0.508 e. The first kappa shape index (κ1) is 13.2. The van der Waals surface area contributed by atoms with Crippen LogP contribution in [-0.2, 0) is 13.0 Å². The predicted molar refractivity (Wildman–Crippen MR) is 85.3 cm³/mol. The van der Waals surface area contributed by atoms with E-state index in [0.717, 1.165) is 23.9 Å². The normalized spacial score (nSPS) is 11.0. The summed E-state index contributed by atoms with van der Waals surface area (Å²) in [6.45, 7) is 1.61. The molecule has 3 rings (SSSR count). The molecule has 1 heterocycles. The van der Waals surface area contributed by atoms with Crippen LogP contribution >= 0.6 is 11.3 Å². The van der Waals surface area contributed by atoms with Gasteiger partial charge in [-0.05, 0) is 52.2 Å². The van der Waals surface area contributed by atoms with Crippen molar-refractivity contribution in [2.75, 3.05) is 6.54 Å². The van der Waals surface area contributed by atoms with Crippen LogP contribution in [0.4, 0.5) is 0 Å². The third kappa shape index (κ3) is 2.84. The Morgan fingerprint density at radius 2 is 1.95 bits per heavy atom. The Kier molecular flexibility index (Phi) is 4.00. The molecule has 0 amide bonds. The van der Waals surface area contributed by atoms with Crippen LogP contribution in [0.3, 0.4) is 0 Å². The largest absolute Gasteiger partial charge is 0.508 e. The highest BCUT2D eigenvalue weighted by Gasteiger charge is 2.06. The van der Waals surface area contributed by atoms with Crippen molar-refractivity contribution in [1.29, 1.82) is 0 Å². The van der Waals surface area contributed by atoms with E-state index in [1.165, 1.54) is 10.9 Å². The zero-order chi connectivity index (χ0) is 13.8. The molecule has 2 aromatic carbocycles. The molecule has 0 atom stereocenters. The first-order chi connectivity index (χ1) is 9.84. The second-order valence-corrected chi connectivity index (χ2v) is 5.62. The summed E-state index contributed by atoms with van der Waals surface area (Å²) in [6.07, 6.45) is 1.02. The Balaban J connectivity index is 1.69. The molecule has 102 valence electrons. The number of thiophene rings is 1. The van der Waals surface area contributed by atoms with Crippen LogP contribution in [0.2, 0.25) is 0 Å². The summed E-state index contributed by atoms with van der Waals surface area (Å²) >= 11 is 1.73. The second kappa shape index (κ2) is 6.07. The highest BCUT2D eigenvalue weighted by Crippen LogP contribution is 2.26. The van der Waals surface area contributed by atoms with Crippen molar-refractivity contribution in [3.05, 3.63) is 64.4 Å². The van der Waals surface area contributed by atoms with Crippen molar-refractivity contribution in [3.63, 3.8) is 0 Å². The molecule has 3 heteroatoms. The number of hydrogen-bond acceptors (Lipinski definition) is 3. The van der Waals surface area contributed by atoms with E-state index < -0.39 is 0 Å². The van der Waals surface area contributed by atoms with Gasteiger partial charge >= 0.3 is 0 Å². The molecule has 1 aromatic heterocycles. The van der Waals surface area contributed by atoms with E-state index in [2.05, 4.69) is 34.3 Å². The third-order valence-electron chi connectivity index (χ3n) is 3.49. The van der Waals surface area contributed by atoms with Gasteiger partial charge in [0.25, 0.3) is 0 Å². The molecule has 0 radical (unpaired) electrons. The average Bonchev–Trinajstić information content (AvgIpc) is 2.98. The minimum absolute atomic E-state index is 0.367. The molecule has 2 N–H and O–H groups in total. The van der Waals surface area contributed by atoms with Crippen LogP contribution in [-0.4, -0.2) is 11.7 Å². The van der Waals surface area contributed by atoms with Crippen LogP contribution in [0, 0.1) is 0 Å². The van der Waals surface area contributed by atoms with Crippen molar-refractivity contribution < 1.29 is 5.11 Å². The fourth-order valence-electron chi connectivity index (χ4n) is 2.39. The van der Waals surface area contributed by atoms with Crippen molar-refractivity contribution >= 4 is 22.1 Å². The van der Waals surface area contributed by atoms with Gasteiger partial charge in [0.05, 0.1) is 0 Å². The van der Waals surface area contributed by atoms with Crippen LogP contribution in [0.1, 0.15) is 11.1 Å². The van der Waals surface area contributed by atoms with E-state index in [1.54, 1.807) is 17.4 Å². The number of hydrogen-bond donors (Lipinski definition) is 2. The first-order valence-electron chi connectivity index (χ1n) is 6.76. The van der Waals surface area contributed by atoms with Gasteiger partial charge in [0.15, 0.2) is 0 Å². The molecule has 0 unspecified atom stereocenters. The molecule has 0 saturated heterocycles. The molecular formula is C17H17NOS. The lowest BCUT2D eigenvalue weighted by atomic mass is 10.0. The lowest BCUT2D eigenvalue weighted by Gasteiger charge is -2.10. The molecule has 0 saturated carbocycles. The van der Waals surface area contributed by atoms with Crippen molar-refractivity contribution in [2.45, 2.75) is 13.0 Å². The van der Waals surface area contributed by atoms with E-state index in [4.69, 9.17) is 0 Å². The Morgan fingerprint density at radius 1 is 1.05 bits per heavy atom. The third-order valence-corrected chi connectivity index (χ3v) is 4.22. The summed E-state index contributed by atoms with van der Waals surface area (Å²) in [5, 5.41) is 20.0. The molecule has 2 nitrogen and oxygen atoms in total. The maximum Gasteiger partial charge on any atom is 0.120 e. The van der Waals surface area contributed by atoms with Crippen LogP contribution < -0.4 is 5.32 Å². The SMILES string of the molecule is Oc1ccc2ccccc2c1CNCCc1ccsc1. The number of rotatable bonds is 5. The van der Waals surface area contributed by atoms with Gasteiger partial charge in [0.1, 0.15) is 5.75 Å². The molecule has 0 aliphatic heterocycles. The maximum atomic E-state index is 10.1. The molecule has 0 fully saturated rings. The summed E-state index contributed by atoms with van der Waals surface area (Å²) in [4.78, 5) is 0. The highest BCUT2D eigenvalue weighted by atomic mass is 32.1. The molecular weight excluding hydrogens is 266 g/mol. The standard InChI is InChI=1S/C17H17NOS/c19-17-6-5-14-3-1-2-4-15(14)16(17)11-18-9-7-13-8-10-20-12-13/h1-6,8,10,12,18-19H,7,9,11H2. The topological polar surface area (TPSA) is 32.3 Å². The zero-order valence-corrected chi connectivity index (χ0v) is 12.0. The van der Waals surface area contributed by atoms with Gasteiger partial charge in [0.2, 0.25) is 0 Å². The molecule has 0 aliphatic carbocycles. The van der Waals surface area contributed by atoms with Crippen LogP contribution in [0.15, 0.2) is 53.2 Å². The van der Waals surface area contributed by atoms with Crippen LogP contribution in [0.25, 0.3) is 10.8 Å². The Hall–Kier alpha value is -1.84. The van der Waals surface area contributed by atoms with E-state index in [9.17, 15) is 5.11 Å². The molecule has 20 heavy (non-hydrogen) atoms. The predicted octanol–water partition coefficient (Wildman–Crippen LogP) is 3.94. The van der Waals surface area contributed by atoms with Gasteiger partial charge in [-0.1, -0.05) is 30.3 Å². The lowest BCUT2D eigenvalue weighted by molar-refractivity contribution is 0.466. The van der Waals surface area contributed by atoms with Gasteiger partial charge in [-0.3, -0.25) is 0 Å².